The summed E-state index contributed by atoms with van der Waals surface area (Å²) in [6.45, 7) is 3.07. The number of nitrogens with one attached hydrogen (secondary N) is 2. The number of furan rings is 1. The molecular formula is C19H20N4O2. The third-order valence-corrected chi connectivity index (χ3v) is 4.37. The Kier molecular flexibility index (Phi) is 4.03. The molecule has 3 aromatic heterocycles. The van der Waals surface area contributed by atoms with Gasteiger partial charge in [-0.15, -0.1) is 0 Å². The van der Waals surface area contributed by atoms with Gasteiger partial charge in [0.15, 0.2) is 0 Å². The summed E-state index contributed by atoms with van der Waals surface area (Å²) in [6, 6.07) is 12.2. The maximum absolute atomic E-state index is 9.33. The SMILES string of the molecule is Cc1occc1-c1cc(NCc2cccc3[nH]ccc23)n(CCO)n1. The highest BCUT2D eigenvalue weighted by molar-refractivity contribution is 5.83. The molecule has 0 aliphatic heterocycles. The Morgan fingerprint density at radius 3 is 3.00 bits per heavy atom. The molecule has 3 heterocycles. The summed E-state index contributed by atoms with van der Waals surface area (Å²) in [7, 11) is 0. The number of aromatic amines is 1. The molecule has 0 radical (unpaired) electrons. The molecule has 0 fully saturated rings. The van der Waals surface area contributed by atoms with E-state index < -0.39 is 0 Å². The van der Waals surface area contributed by atoms with Gasteiger partial charge in [-0.1, -0.05) is 12.1 Å². The summed E-state index contributed by atoms with van der Waals surface area (Å²) in [5.41, 5.74) is 4.13. The number of hydrogen-bond acceptors (Lipinski definition) is 4. The van der Waals surface area contributed by atoms with E-state index in [9.17, 15) is 5.11 Å². The fraction of sp³-hybridized carbons (Fsp3) is 0.211. The van der Waals surface area contributed by atoms with Gasteiger partial charge >= 0.3 is 0 Å². The number of benzene rings is 1. The van der Waals surface area contributed by atoms with Crippen LogP contribution in [-0.4, -0.2) is 26.5 Å². The highest BCUT2D eigenvalue weighted by Gasteiger charge is 2.13. The lowest BCUT2D eigenvalue weighted by atomic mass is 10.1. The van der Waals surface area contributed by atoms with E-state index in [0.717, 1.165) is 28.4 Å². The second-order valence-electron chi connectivity index (χ2n) is 5.96. The predicted molar refractivity (Wildman–Crippen MR) is 97.4 cm³/mol. The van der Waals surface area contributed by atoms with Crippen molar-refractivity contribution < 1.29 is 9.52 Å². The van der Waals surface area contributed by atoms with Crippen LogP contribution in [0.4, 0.5) is 5.82 Å². The van der Waals surface area contributed by atoms with E-state index in [1.807, 2.05) is 31.3 Å². The van der Waals surface area contributed by atoms with Crippen LogP contribution in [-0.2, 0) is 13.1 Å². The van der Waals surface area contributed by atoms with Crippen molar-refractivity contribution in [3.05, 3.63) is 60.2 Å². The summed E-state index contributed by atoms with van der Waals surface area (Å²) < 4.78 is 7.16. The van der Waals surface area contributed by atoms with E-state index in [1.54, 1.807) is 10.9 Å². The first kappa shape index (κ1) is 15.5. The molecule has 6 heteroatoms. The van der Waals surface area contributed by atoms with Crippen molar-refractivity contribution in [2.45, 2.75) is 20.0 Å². The number of aliphatic hydroxyl groups excluding tert-OH is 1. The summed E-state index contributed by atoms with van der Waals surface area (Å²) >= 11 is 0. The lowest BCUT2D eigenvalue weighted by molar-refractivity contribution is 0.270. The third kappa shape index (κ3) is 2.92. The van der Waals surface area contributed by atoms with Crippen molar-refractivity contribution in [2.24, 2.45) is 0 Å². The first-order valence-electron chi connectivity index (χ1n) is 8.28. The lowest BCUT2D eigenvalue weighted by Gasteiger charge is -2.09. The lowest BCUT2D eigenvalue weighted by Crippen LogP contribution is -2.10. The van der Waals surface area contributed by atoms with Gasteiger partial charge in [0.05, 0.1) is 25.1 Å². The van der Waals surface area contributed by atoms with Crippen molar-refractivity contribution in [3.8, 4) is 11.3 Å². The molecule has 1 aromatic carbocycles. The fourth-order valence-corrected chi connectivity index (χ4v) is 3.10. The number of aliphatic hydroxyl groups is 1. The van der Waals surface area contributed by atoms with E-state index in [0.29, 0.717) is 13.1 Å². The Hall–Kier alpha value is -2.99. The monoisotopic (exact) mass is 336 g/mol. The molecule has 0 saturated carbocycles. The van der Waals surface area contributed by atoms with Crippen LogP contribution in [0.3, 0.4) is 0 Å². The molecule has 0 saturated heterocycles. The van der Waals surface area contributed by atoms with Crippen molar-refractivity contribution in [1.29, 1.82) is 0 Å². The number of hydrogen-bond donors (Lipinski definition) is 3. The molecule has 0 atom stereocenters. The molecule has 0 aliphatic rings. The molecule has 3 N–H and O–H groups in total. The zero-order valence-electron chi connectivity index (χ0n) is 14.0. The molecule has 25 heavy (non-hydrogen) atoms. The van der Waals surface area contributed by atoms with E-state index >= 15 is 0 Å². The molecule has 128 valence electrons. The summed E-state index contributed by atoms with van der Waals surface area (Å²) in [4.78, 5) is 3.23. The summed E-state index contributed by atoms with van der Waals surface area (Å²) in [5, 5.41) is 18.6. The van der Waals surface area contributed by atoms with Crippen LogP contribution in [0.2, 0.25) is 0 Å². The molecule has 4 aromatic rings. The van der Waals surface area contributed by atoms with E-state index in [2.05, 4.69) is 33.6 Å². The molecule has 0 amide bonds. The average molecular weight is 336 g/mol. The van der Waals surface area contributed by atoms with Crippen LogP contribution in [0.25, 0.3) is 22.2 Å². The van der Waals surface area contributed by atoms with Crippen LogP contribution >= 0.6 is 0 Å². The maximum atomic E-state index is 9.33. The van der Waals surface area contributed by atoms with E-state index in [4.69, 9.17) is 4.42 Å². The molecule has 6 nitrogen and oxygen atoms in total. The van der Waals surface area contributed by atoms with Gasteiger partial charge in [-0.2, -0.15) is 5.10 Å². The van der Waals surface area contributed by atoms with E-state index in [-0.39, 0.29) is 6.61 Å². The van der Waals surface area contributed by atoms with Crippen LogP contribution in [0.1, 0.15) is 11.3 Å². The Morgan fingerprint density at radius 2 is 2.20 bits per heavy atom. The second-order valence-corrected chi connectivity index (χ2v) is 5.96. The van der Waals surface area contributed by atoms with Gasteiger partial charge in [-0.3, -0.25) is 0 Å². The fourth-order valence-electron chi connectivity index (χ4n) is 3.10. The number of nitrogens with zero attached hydrogens (tertiary/aromatic N) is 2. The van der Waals surface area contributed by atoms with Gasteiger partial charge < -0.3 is 19.8 Å². The quantitative estimate of drug-likeness (QED) is 0.503. The smallest absolute Gasteiger partial charge is 0.125 e. The molecule has 0 unspecified atom stereocenters. The first-order valence-corrected chi connectivity index (χ1v) is 8.28. The standard InChI is InChI=1S/C19H20N4O2/c1-13-15(6-10-25-13)18-11-19(23(22-18)8-9-24)21-12-14-3-2-4-17-16(14)5-7-20-17/h2-7,10-11,20-21,24H,8-9,12H2,1H3. The van der Waals surface area contributed by atoms with Gasteiger partial charge in [-0.25, -0.2) is 4.68 Å². The van der Waals surface area contributed by atoms with Crippen molar-refractivity contribution in [3.63, 3.8) is 0 Å². The first-order chi connectivity index (χ1) is 12.3. The molecule has 0 aliphatic carbocycles. The topological polar surface area (TPSA) is 79.0 Å². The van der Waals surface area contributed by atoms with Crippen molar-refractivity contribution >= 4 is 16.7 Å². The van der Waals surface area contributed by atoms with Crippen LogP contribution in [0.15, 0.2) is 53.3 Å². The minimum Gasteiger partial charge on any atom is -0.469 e. The number of rotatable bonds is 6. The van der Waals surface area contributed by atoms with E-state index in [1.165, 1.54) is 10.9 Å². The zero-order valence-corrected chi connectivity index (χ0v) is 14.0. The Balaban J connectivity index is 1.62. The van der Waals surface area contributed by atoms with Gasteiger partial charge in [0.25, 0.3) is 0 Å². The van der Waals surface area contributed by atoms with Gasteiger partial charge in [-0.05, 0) is 30.7 Å². The Labute approximate surface area is 145 Å². The number of aryl methyl sites for hydroxylation is 1. The highest BCUT2D eigenvalue weighted by Crippen LogP contribution is 2.26. The highest BCUT2D eigenvalue weighted by atomic mass is 16.3. The van der Waals surface area contributed by atoms with Gasteiger partial charge in [0.1, 0.15) is 11.6 Å². The van der Waals surface area contributed by atoms with Gasteiger partial charge in [0.2, 0.25) is 0 Å². The maximum Gasteiger partial charge on any atom is 0.125 e. The summed E-state index contributed by atoms with van der Waals surface area (Å²) in [6.07, 6.45) is 3.61. The number of H-pyrrole nitrogens is 1. The minimum atomic E-state index is 0.0353. The average Bonchev–Trinajstić information content (AvgIpc) is 3.32. The molecule has 0 bridgehead atoms. The largest absolute Gasteiger partial charge is 0.469 e. The Morgan fingerprint density at radius 1 is 1.28 bits per heavy atom. The van der Waals surface area contributed by atoms with Crippen molar-refractivity contribution in [1.82, 2.24) is 14.8 Å². The van der Waals surface area contributed by atoms with Crippen LogP contribution in [0.5, 0.6) is 0 Å². The zero-order chi connectivity index (χ0) is 17.2. The predicted octanol–water partition coefficient (Wildman–Crippen LogP) is 3.54. The number of fused-ring (bicyclic) bond motifs is 1. The third-order valence-electron chi connectivity index (χ3n) is 4.37. The van der Waals surface area contributed by atoms with Crippen molar-refractivity contribution in [2.75, 3.05) is 11.9 Å². The number of aromatic nitrogens is 3. The molecule has 4 rings (SSSR count). The van der Waals surface area contributed by atoms with Crippen LogP contribution < -0.4 is 5.32 Å². The van der Waals surface area contributed by atoms with Crippen LogP contribution in [0, 0.1) is 6.92 Å². The molecular weight excluding hydrogens is 316 g/mol. The number of anilines is 1. The normalized spacial score (nSPS) is 11.3. The second kappa shape index (κ2) is 6.49. The van der Waals surface area contributed by atoms with Gasteiger partial charge in [0, 0.05) is 35.3 Å². The summed E-state index contributed by atoms with van der Waals surface area (Å²) in [5.74, 6) is 1.70. The Bertz CT molecular complexity index is 996. The minimum absolute atomic E-state index is 0.0353. The molecule has 0 spiro atoms.